The highest BCUT2D eigenvalue weighted by Crippen LogP contribution is 2.32. The van der Waals surface area contributed by atoms with Gasteiger partial charge in [-0.2, -0.15) is 5.10 Å². The molecule has 0 radical (unpaired) electrons. The molecule has 0 heterocycles. The molecule has 0 spiro atoms. The molecule has 6 heteroatoms. The van der Waals surface area contributed by atoms with Crippen molar-refractivity contribution in [1.82, 2.24) is 5.43 Å². The summed E-state index contributed by atoms with van der Waals surface area (Å²) >= 11 is 6.90. The predicted molar refractivity (Wildman–Crippen MR) is 108 cm³/mol. The average Bonchev–Trinajstić information content (AvgIpc) is 2.57. The molecule has 2 aromatic rings. The lowest BCUT2D eigenvalue weighted by molar-refractivity contribution is -0.123. The number of nitrogens with zero attached hydrogens (tertiary/aromatic N) is 1. The van der Waals surface area contributed by atoms with Crippen molar-refractivity contribution in [2.75, 3.05) is 6.61 Å². The zero-order chi connectivity index (χ0) is 18.4. The molecule has 4 nitrogen and oxygen atoms in total. The van der Waals surface area contributed by atoms with Gasteiger partial charge in [-0.05, 0) is 53.8 Å². The highest BCUT2D eigenvalue weighted by Gasteiger charge is 2.12. The van der Waals surface area contributed by atoms with Crippen molar-refractivity contribution in [2.45, 2.75) is 26.7 Å². The lowest BCUT2D eigenvalue weighted by Gasteiger charge is -2.15. The fourth-order valence-electron chi connectivity index (χ4n) is 2.15. The Morgan fingerprint density at radius 3 is 2.56 bits per heavy atom. The molecule has 0 atom stereocenters. The largest absolute Gasteiger partial charge is 0.483 e. The van der Waals surface area contributed by atoms with Crippen molar-refractivity contribution in [2.24, 2.45) is 5.10 Å². The van der Waals surface area contributed by atoms with Crippen LogP contribution in [0.5, 0.6) is 5.75 Å². The number of carbonyl (C=O) groups is 1. The van der Waals surface area contributed by atoms with Crippen LogP contribution in [-0.2, 0) is 4.79 Å². The number of hydrazone groups is 1. The Balaban J connectivity index is 1.93. The minimum absolute atomic E-state index is 0.0849. The van der Waals surface area contributed by atoms with Crippen LogP contribution in [0.4, 0.5) is 0 Å². The molecule has 1 N–H and O–H groups in total. The van der Waals surface area contributed by atoms with E-state index in [1.807, 2.05) is 43.3 Å². The molecular formula is C19H20Br2N2O2. The van der Waals surface area contributed by atoms with Gasteiger partial charge in [-0.25, -0.2) is 5.43 Å². The quantitative estimate of drug-likeness (QED) is 0.470. The van der Waals surface area contributed by atoms with E-state index in [9.17, 15) is 4.79 Å². The summed E-state index contributed by atoms with van der Waals surface area (Å²) in [4.78, 5) is 11.9. The second-order valence-electron chi connectivity index (χ2n) is 5.93. The number of nitrogens with one attached hydrogen (secondary N) is 1. The van der Waals surface area contributed by atoms with Gasteiger partial charge < -0.3 is 4.74 Å². The highest BCUT2D eigenvalue weighted by atomic mass is 79.9. The predicted octanol–water partition coefficient (Wildman–Crippen LogP) is 5.17. The summed E-state index contributed by atoms with van der Waals surface area (Å²) in [5.74, 6) is 0.719. The number of benzene rings is 2. The average molecular weight is 468 g/mol. The van der Waals surface area contributed by atoms with Crippen LogP contribution in [0.15, 0.2) is 50.4 Å². The highest BCUT2D eigenvalue weighted by molar-refractivity contribution is 9.10. The number of hydrogen-bond donors (Lipinski definition) is 1. The zero-order valence-electron chi connectivity index (χ0n) is 14.3. The lowest BCUT2D eigenvalue weighted by atomic mass is 10.0. The van der Waals surface area contributed by atoms with Crippen molar-refractivity contribution in [1.29, 1.82) is 0 Å². The Kier molecular flexibility index (Phi) is 7.20. The second kappa shape index (κ2) is 9.15. The minimum Gasteiger partial charge on any atom is -0.483 e. The van der Waals surface area contributed by atoms with Crippen LogP contribution < -0.4 is 10.2 Å². The molecule has 0 fully saturated rings. The first-order valence-electron chi connectivity index (χ1n) is 7.87. The Morgan fingerprint density at radius 1 is 1.24 bits per heavy atom. The van der Waals surface area contributed by atoms with Crippen molar-refractivity contribution in [3.8, 4) is 5.75 Å². The molecule has 0 bridgehead atoms. The van der Waals surface area contributed by atoms with E-state index in [2.05, 4.69) is 56.2 Å². The van der Waals surface area contributed by atoms with Gasteiger partial charge in [0.15, 0.2) is 6.61 Å². The van der Waals surface area contributed by atoms with Gasteiger partial charge in [0.2, 0.25) is 0 Å². The van der Waals surface area contributed by atoms with E-state index < -0.39 is 0 Å². The number of amides is 1. The van der Waals surface area contributed by atoms with Crippen LogP contribution in [0.3, 0.4) is 0 Å². The SMILES string of the molecule is Cc1cc(OCC(=O)N/N=C/c2ccc(Br)cc2)c(C(C)C)cc1Br. The van der Waals surface area contributed by atoms with Crippen molar-refractivity contribution in [3.05, 3.63) is 62.0 Å². The van der Waals surface area contributed by atoms with Crippen LogP contribution >= 0.6 is 31.9 Å². The Morgan fingerprint density at radius 2 is 1.92 bits per heavy atom. The Bertz CT molecular complexity index is 772. The normalized spacial score (nSPS) is 11.1. The van der Waals surface area contributed by atoms with Crippen molar-refractivity contribution in [3.63, 3.8) is 0 Å². The first kappa shape index (κ1) is 19.7. The summed E-state index contributed by atoms with van der Waals surface area (Å²) in [5, 5.41) is 3.95. The van der Waals surface area contributed by atoms with Gasteiger partial charge in [0.1, 0.15) is 5.75 Å². The summed E-state index contributed by atoms with van der Waals surface area (Å²) in [6.07, 6.45) is 1.59. The molecule has 0 aliphatic carbocycles. The monoisotopic (exact) mass is 466 g/mol. The first-order valence-corrected chi connectivity index (χ1v) is 9.45. The standard InChI is InChI=1S/C19H20Br2N2O2/c1-12(2)16-9-17(21)13(3)8-18(16)25-11-19(24)23-22-10-14-4-6-15(20)7-5-14/h4-10,12H,11H2,1-3H3,(H,23,24)/b22-10+. The van der Waals surface area contributed by atoms with Crippen molar-refractivity contribution >= 4 is 44.0 Å². The molecule has 0 aliphatic heterocycles. The molecular weight excluding hydrogens is 448 g/mol. The summed E-state index contributed by atoms with van der Waals surface area (Å²) in [5.41, 5.74) is 5.50. The van der Waals surface area contributed by atoms with Gasteiger partial charge in [-0.15, -0.1) is 0 Å². The summed E-state index contributed by atoms with van der Waals surface area (Å²) in [6.45, 7) is 6.08. The van der Waals surface area contributed by atoms with Crippen molar-refractivity contribution < 1.29 is 9.53 Å². The van der Waals surface area contributed by atoms with Crippen LogP contribution in [0, 0.1) is 6.92 Å². The van der Waals surface area contributed by atoms with E-state index in [-0.39, 0.29) is 12.5 Å². The second-order valence-corrected chi connectivity index (χ2v) is 7.70. The van der Waals surface area contributed by atoms with Crippen LogP contribution in [0.1, 0.15) is 36.5 Å². The Hall–Kier alpha value is -1.66. The number of ether oxygens (including phenoxy) is 1. The number of hydrogen-bond acceptors (Lipinski definition) is 3. The van der Waals surface area contributed by atoms with Crippen LogP contribution in [0.25, 0.3) is 0 Å². The molecule has 132 valence electrons. The Labute approximate surface area is 164 Å². The van der Waals surface area contributed by atoms with Crippen LogP contribution in [0.2, 0.25) is 0 Å². The van der Waals surface area contributed by atoms with E-state index in [0.29, 0.717) is 5.92 Å². The van der Waals surface area contributed by atoms with Gasteiger partial charge in [0.05, 0.1) is 6.21 Å². The van der Waals surface area contributed by atoms with E-state index in [1.165, 1.54) is 0 Å². The van der Waals surface area contributed by atoms with Gasteiger partial charge >= 0.3 is 0 Å². The molecule has 1 amide bonds. The van der Waals surface area contributed by atoms with E-state index in [1.54, 1.807) is 6.21 Å². The number of halogens is 2. The summed E-state index contributed by atoms with van der Waals surface area (Å²) in [6, 6.07) is 11.6. The van der Waals surface area contributed by atoms with Crippen LogP contribution in [-0.4, -0.2) is 18.7 Å². The lowest BCUT2D eigenvalue weighted by Crippen LogP contribution is -2.25. The minimum atomic E-state index is -0.302. The third-order valence-electron chi connectivity index (χ3n) is 3.54. The molecule has 0 saturated heterocycles. The maximum absolute atomic E-state index is 11.9. The fraction of sp³-hybridized carbons (Fsp3) is 0.263. The van der Waals surface area contributed by atoms with E-state index >= 15 is 0 Å². The molecule has 0 unspecified atom stereocenters. The summed E-state index contributed by atoms with van der Waals surface area (Å²) < 4.78 is 7.73. The molecule has 0 aromatic heterocycles. The number of aryl methyl sites for hydroxylation is 1. The number of carbonyl (C=O) groups excluding carboxylic acids is 1. The zero-order valence-corrected chi connectivity index (χ0v) is 17.5. The topological polar surface area (TPSA) is 50.7 Å². The van der Waals surface area contributed by atoms with Gasteiger partial charge in [0, 0.05) is 8.95 Å². The third-order valence-corrected chi connectivity index (χ3v) is 4.93. The molecule has 0 aliphatic rings. The molecule has 2 rings (SSSR count). The maximum Gasteiger partial charge on any atom is 0.277 e. The van der Waals surface area contributed by atoms with Gasteiger partial charge in [0.25, 0.3) is 5.91 Å². The smallest absolute Gasteiger partial charge is 0.277 e. The molecule has 2 aromatic carbocycles. The first-order chi connectivity index (χ1) is 11.9. The van der Waals surface area contributed by atoms with E-state index in [4.69, 9.17) is 4.74 Å². The maximum atomic E-state index is 11.9. The van der Waals surface area contributed by atoms with E-state index in [0.717, 1.165) is 31.4 Å². The molecule has 25 heavy (non-hydrogen) atoms. The third kappa shape index (κ3) is 5.97. The van der Waals surface area contributed by atoms with Gasteiger partial charge in [-0.1, -0.05) is 57.8 Å². The number of rotatable bonds is 6. The fourth-order valence-corrected chi connectivity index (χ4v) is 2.78. The summed E-state index contributed by atoms with van der Waals surface area (Å²) in [7, 11) is 0. The van der Waals surface area contributed by atoms with Gasteiger partial charge in [-0.3, -0.25) is 4.79 Å². The molecule has 0 saturated carbocycles.